The van der Waals surface area contributed by atoms with Gasteiger partial charge >= 0.3 is 0 Å². The van der Waals surface area contributed by atoms with Gasteiger partial charge in [-0.15, -0.1) is 10.2 Å². The first-order chi connectivity index (χ1) is 12.7. The lowest BCUT2D eigenvalue weighted by Gasteiger charge is -2.12. The lowest BCUT2D eigenvalue weighted by Crippen LogP contribution is -2.34. The van der Waals surface area contributed by atoms with Gasteiger partial charge in [-0.3, -0.25) is 14.9 Å². The number of carbonyl (C=O) groups excluding carboxylic acids is 2. The number of methoxy groups -OCH3 is 1. The van der Waals surface area contributed by atoms with E-state index >= 15 is 0 Å². The van der Waals surface area contributed by atoms with E-state index in [1.807, 2.05) is 0 Å². The molecule has 0 unspecified atom stereocenters. The lowest BCUT2D eigenvalue weighted by atomic mass is 10.1. The molecule has 0 spiro atoms. The predicted molar refractivity (Wildman–Crippen MR) is 104 cm³/mol. The summed E-state index contributed by atoms with van der Waals surface area (Å²) in [6, 6.07) is 6.80. The summed E-state index contributed by atoms with van der Waals surface area (Å²) in [5.41, 5.74) is 0.560. The maximum absolute atomic E-state index is 12.2. The number of thioether (sulfide) groups is 1. The van der Waals surface area contributed by atoms with Crippen LogP contribution in [0.5, 0.6) is 5.75 Å². The molecule has 0 atom stereocenters. The van der Waals surface area contributed by atoms with Crippen LogP contribution in [0.25, 0.3) is 0 Å². The van der Waals surface area contributed by atoms with Crippen molar-refractivity contribution in [2.24, 2.45) is 0 Å². The first-order valence-electron chi connectivity index (χ1n) is 7.53. The van der Waals surface area contributed by atoms with Gasteiger partial charge in [0.05, 0.1) is 25.7 Å². The summed E-state index contributed by atoms with van der Waals surface area (Å²) in [7, 11) is -0.584. The smallest absolute Gasteiger partial charge is 0.241 e. The first kappa shape index (κ1) is 21.3. The molecule has 27 heavy (non-hydrogen) atoms. The number of amides is 1. The van der Waals surface area contributed by atoms with Gasteiger partial charge < -0.3 is 4.74 Å². The van der Waals surface area contributed by atoms with E-state index in [1.165, 1.54) is 18.8 Å². The zero-order valence-electron chi connectivity index (χ0n) is 14.8. The van der Waals surface area contributed by atoms with Gasteiger partial charge in [-0.25, -0.2) is 8.42 Å². The van der Waals surface area contributed by atoms with Gasteiger partial charge in [-0.1, -0.05) is 23.1 Å². The molecule has 0 bridgehead atoms. The molecule has 0 saturated carbocycles. The fraction of sp³-hybridized carbons (Fsp3) is 0.333. The number of benzene rings is 1. The Labute approximate surface area is 165 Å². The summed E-state index contributed by atoms with van der Waals surface area (Å²) in [6.07, 6.45) is 1.01. The maximum Gasteiger partial charge on any atom is 0.241 e. The number of Topliss-reactive ketones (excluding diaryl/α,β-unsaturated/α-hetero) is 1. The van der Waals surface area contributed by atoms with Crippen LogP contribution in [0.1, 0.15) is 10.4 Å². The molecule has 1 aromatic heterocycles. The fourth-order valence-electron chi connectivity index (χ4n) is 1.78. The molecule has 1 heterocycles. The third-order valence-electron chi connectivity index (χ3n) is 3.32. The number of carbonyl (C=O) groups is 2. The number of ketones is 1. The van der Waals surface area contributed by atoms with E-state index in [0.29, 0.717) is 15.7 Å². The first-order valence-corrected chi connectivity index (χ1v) is 11.2. The quantitative estimate of drug-likeness (QED) is 0.360. The minimum atomic E-state index is -3.44. The molecule has 9 nitrogen and oxygen atoms in total. The largest absolute Gasteiger partial charge is 0.497 e. The molecule has 1 N–H and O–H groups in total. The van der Waals surface area contributed by atoms with Crippen molar-refractivity contribution in [1.82, 2.24) is 14.5 Å². The number of ether oxygens (including phenoxy) is 1. The molecule has 146 valence electrons. The Morgan fingerprint density at radius 2 is 1.93 bits per heavy atom. The van der Waals surface area contributed by atoms with Gasteiger partial charge in [0.15, 0.2) is 10.1 Å². The van der Waals surface area contributed by atoms with E-state index in [9.17, 15) is 18.0 Å². The molecular formula is C15H18N4O5S3. The molecule has 2 rings (SSSR count). The van der Waals surface area contributed by atoms with Gasteiger partial charge in [-0.2, -0.15) is 4.31 Å². The normalized spacial score (nSPS) is 11.4. The zero-order chi connectivity index (χ0) is 20.0. The molecule has 0 fully saturated rings. The van der Waals surface area contributed by atoms with E-state index in [4.69, 9.17) is 4.74 Å². The minimum absolute atomic E-state index is 0.0711. The Morgan fingerprint density at radius 3 is 2.52 bits per heavy atom. The number of rotatable bonds is 9. The van der Waals surface area contributed by atoms with E-state index < -0.39 is 15.9 Å². The Bertz CT molecular complexity index is 912. The highest BCUT2D eigenvalue weighted by atomic mass is 32.2. The minimum Gasteiger partial charge on any atom is -0.497 e. The average molecular weight is 431 g/mol. The van der Waals surface area contributed by atoms with Crippen molar-refractivity contribution >= 4 is 49.9 Å². The van der Waals surface area contributed by atoms with Gasteiger partial charge in [-0.05, 0) is 24.3 Å². The molecule has 12 heteroatoms. The van der Waals surface area contributed by atoms with Gasteiger partial charge in [0.25, 0.3) is 0 Å². The predicted octanol–water partition coefficient (Wildman–Crippen LogP) is 1.35. The highest BCUT2D eigenvalue weighted by Crippen LogP contribution is 2.26. The number of hydrogen-bond acceptors (Lipinski definition) is 9. The third-order valence-corrected chi connectivity index (χ3v) is 6.56. The summed E-state index contributed by atoms with van der Waals surface area (Å²) in [4.78, 5) is 24.0. The molecule has 0 radical (unpaired) electrons. The SMILES string of the molecule is COc1ccc(C(=O)CSc2nnc(NC(=O)CN(C)S(C)(=O)=O)s2)cc1. The van der Waals surface area contributed by atoms with E-state index in [0.717, 1.165) is 21.9 Å². The second kappa shape index (κ2) is 9.26. The molecule has 0 aliphatic rings. The summed E-state index contributed by atoms with van der Waals surface area (Å²) < 4.78 is 29.1. The van der Waals surface area contributed by atoms with Gasteiger partial charge in [0.1, 0.15) is 5.75 Å². The van der Waals surface area contributed by atoms with Gasteiger partial charge in [0.2, 0.25) is 21.1 Å². The van der Waals surface area contributed by atoms with Crippen LogP contribution in [0.2, 0.25) is 0 Å². The number of nitrogens with one attached hydrogen (secondary N) is 1. The van der Waals surface area contributed by atoms with Crippen LogP contribution in [0.4, 0.5) is 5.13 Å². The highest BCUT2D eigenvalue weighted by molar-refractivity contribution is 8.01. The molecule has 1 amide bonds. The van der Waals surface area contributed by atoms with E-state index in [-0.39, 0.29) is 23.2 Å². The second-order valence-corrected chi connectivity index (χ2v) is 9.67. The van der Waals surface area contributed by atoms with E-state index in [2.05, 4.69) is 15.5 Å². The number of anilines is 1. The van der Waals surface area contributed by atoms with Gasteiger partial charge in [0, 0.05) is 12.6 Å². The molecule has 0 aliphatic carbocycles. The summed E-state index contributed by atoms with van der Waals surface area (Å²) in [5.74, 6) is 0.250. The molecule has 0 saturated heterocycles. The standard InChI is InChI=1S/C15H18N4O5S3/c1-19(27(3,22)23)8-13(21)16-14-17-18-15(26-14)25-9-12(20)10-4-6-11(24-2)7-5-10/h4-7H,8-9H2,1-3H3,(H,16,17,21). The van der Waals surface area contributed by atoms with Crippen molar-refractivity contribution < 1.29 is 22.7 Å². The van der Waals surface area contributed by atoms with Crippen LogP contribution in [-0.2, 0) is 14.8 Å². The topological polar surface area (TPSA) is 119 Å². The molecule has 2 aromatic rings. The van der Waals surface area contributed by atoms with Crippen LogP contribution in [0.15, 0.2) is 28.6 Å². The van der Waals surface area contributed by atoms with Crippen LogP contribution in [-0.4, -0.2) is 67.3 Å². The average Bonchev–Trinajstić information content (AvgIpc) is 3.06. The molecular weight excluding hydrogens is 412 g/mol. The van der Waals surface area contributed by atoms with E-state index in [1.54, 1.807) is 31.4 Å². The zero-order valence-corrected chi connectivity index (χ0v) is 17.3. The van der Waals surface area contributed by atoms with Crippen LogP contribution in [0, 0.1) is 0 Å². The lowest BCUT2D eigenvalue weighted by molar-refractivity contribution is -0.116. The fourth-order valence-corrected chi connectivity index (χ4v) is 3.80. The van der Waals surface area contributed by atoms with Crippen LogP contribution < -0.4 is 10.1 Å². The molecule has 1 aromatic carbocycles. The Balaban J connectivity index is 1.86. The van der Waals surface area contributed by atoms with Crippen molar-refractivity contribution in [2.45, 2.75) is 4.34 Å². The highest BCUT2D eigenvalue weighted by Gasteiger charge is 2.17. The second-order valence-electron chi connectivity index (χ2n) is 5.38. The van der Waals surface area contributed by atoms with Crippen LogP contribution in [0.3, 0.4) is 0 Å². The summed E-state index contributed by atoms with van der Waals surface area (Å²) >= 11 is 2.31. The van der Waals surface area contributed by atoms with Crippen LogP contribution >= 0.6 is 23.1 Å². The number of aromatic nitrogens is 2. The number of nitrogens with zero attached hydrogens (tertiary/aromatic N) is 3. The molecule has 0 aliphatic heterocycles. The number of sulfonamides is 1. The van der Waals surface area contributed by atoms with Crippen molar-refractivity contribution in [3.63, 3.8) is 0 Å². The third kappa shape index (κ3) is 6.57. The number of hydrogen-bond donors (Lipinski definition) is 1. The summed E-state index contributed by atoms with van der Waals surface area (Å²) in [6.45, 7) is -0.323. The maximum atomic E-state index is 12.2. The Hall–Kier alpha value is -2.02. The van der Waals surface area contributed by atoms with Crippen molar-refractivity contribution in [1.29, 1.82) is 0 Å². The monoisotopic (exact) mass is 430 g/mol. The van der Waals surface area contributed by atoms with Crippen molar-refractivity contribution in [2.75, 3.05) is 38.0 Å². The summed E-state index contributed by atoms with van der Waals surface area (Å²) in [5, 5.41) is 10.4. The Kier molecular flexibility index (Phi) is 7.30. The van der Waals surface area contributed by atoms with Crippen molar-refractivity contribution in [3.8, 4) is 5.75 Å². The van der Waals surface area contributed by atoms with Crippen molar-refractivity contribution in [3.05, 3.63) is 29.8 Å². The number of likely N-dealkylation sites (N-methyl/N-ethyl adjacent to an activating group) is 1. The Morgan fingerprint density at radius 1 is 1.26 bits per heavy atom.